The van der Waals surface area contributed by atoms with Gasteiger partial charge in [-0.2, -0.15) is 0 Å². The minimum atomic E-state index is 0.330. The number of aromatic hydroxyl groups is 1. The summed E-state index contributed by atoms with van der Waals surface area (Å²) in [5.41, 5.74) is 2.44. The van der Waals surface area contributed by atoms with Crippen molar-refractivity contribution in [1.29, 1.82) is 0 Å². The van der Waals surface area contributed by atoms with Crippen LogP contribution in [0.5, 0.6) is 5.75 Å². The van der Waals surface area contributed by atoms with Crippen LogP contribution in [0.3, 0.4) is 0 Å². The van der Waals surface area contributed by atoms with E-state index in [1.165, 1.54) is 31.2 Å². The molecule has 1 aromatic rings. The molecule has 0 aliphatic heterocycles. The van der Waals surface area contributed by atoms with Crippen molar-refractivity contribution in [3.8, 4) is 5.75 Å². The van der Waals surface area contributed by atoms with Gasteiger partial charge in [0.1, 0.15) is 5.75 Å². The molecule has 0 bridgehead atoms. The highest BCUT2D eigenvalue weighted by molar-refractivity contribution is 5.42. The second-order valence-electron chi connectivity index (χ2n) is 6.54. The van der Waals surface area contributed by atoms with Gasteiger partial charge in [0.15, 0.2) is 0 Å². The van der Waals surface area contributed by atoms with Gasteiger partial charge >= 0.3 is 0 Å². The van der Waals surface area contributed by atoms with Gasteiger partial charge in [-0.25, -0.2) is 0 Å². The summed E-state index contributed by atoms with van der Waals surface area (Å²) in [5, 5.41) is 10.1. The van der Waals surface area contributed by atoms with Gasteiger partial charge in [-0.05, 0) is 36.8 Å². The van der Waals surface area contributed by atoms with Crippen molar-refractivity contribution in [2.45, 2.75) is 58.3 Å². The predicted octanol–water partition coefficient (Wildman–Crippen LogP) is 5.75. The molecular formula is C20H28O. The Morgan fingerprint density at radius 3 is 2.71 bits per heavy atom. The Morgan fingerprint density at radius 2 is 2.00 bits per heavy atom. The third kappa shape index (κ3) is 5.08. The smallest absolute Gasteiger partial charge is 0.119 e. The third-order valence-electron chi connectivity index (χ3n) is 4.22. The number of benzene rings is 1. The molecule has 0 amide bonds. The summed E-state index contributed by atoms with van der Waals surface area (Å²) >= 11 is 0. The van der Waals surface area contributed by atoms with E-state index in [1.807, 2.05) is 6.07 Å². The first kappa shape index (κ1) is 15.9. The van der Waals surface area contributed by atoms with E-state index in [0.717, 1.165) is 24.3 Å². The number of rotatable bonds is 7. The monoisotopic (exact) mass is 284 g/mol. The van der Waals surface area contributed by atoms with E-state index in [2.05, 4.69) is 50.3 Å². The summed E-state index contributed by atoms with van der Waals surface area (Å²) in [6, 6.07) is 6.14. The molecule has 0 spiro atoms. The van der Waals surface area contributed by atoms with Crippen LogP contribution in [0.1, 0.15) is 63.0 Å². The van der Waals surface area contributed by atoms with Crippen molar-refractivity contribution < 1.29 is 5.11 Å². The van der Waals surface area contributed by atoms with Crippen LogP contribution in [-0.4, -0.2) is 5.11 Å². The first-order valence-corrected chi connectivity index (χ1v) is 8.32. The van der Waals surface area contributed by atoms with Crippen molar-refractivity contribution in [1.82, 2.24) is 0 Å². The Bertz CT molecular complexity index is 497. The molecule has 0 fully saturated rings. The second kappa shape index (κ2) is 8.07. The standard InChI is InChI=1S/C20H28O/c1-16(2)9-5-3-6-10-17-13-14-20(21)19(15-17)18-11-7-4-8-12-18/h4,7-8,11,13-16,18,21H,3,5-6,9-10,12H2,1-2H3. The molecule has 1 aliphatic carbocycles. The van der Waals surface area contributed by atoms with Gasteiger partial charge in [0.05, 0.1) is 0 Å². The molecule has 0 saturated carbocycles. The lowest BCUT2D eigenvalue weighted by Crippen LogP contribution is -1.98. The summed E-state index contributed by atoms with van der Waals surface area (Å²) in [7, 11) is 0. The molecular weight excluding hydrogens is 256 g/mol. The molecule has 0 aromatic heterocycles. The molecule has 2 rings (SSSR count). The highest BCUT2D eigenvalue weighted by Crippen LogP contribution is 2.32. The second-order valence-corrected chi connectivity index (χ2v) is 6.54. The third-order valence-corrected chi connectivity index (χ3v) is 4.22. The van der Waals surface area contributed by atoms with Gasteiger partial charge in [-0.3, -0.25) is 0 Å². The number of phenolic OH excluding ortho intramolecular Hbond substituents is 1. The van der Waals surface area contributed by atoms with Gasteiger partial charge in [-0.1, -0.05) is 69.5 Å². The van der Waals surface area contributed by atoms with Crippen LogP contribution in [0.2, 0.25) is 0 Å². The zero-order chi connectivity index (χ0) is 15.1. The largest absolute Gasteiger partial charge is 0.508 e. The van der Waals surface area contributed by atoms with Gasteiger partial charge in [0.2, 0.25) is 0 Å². The quantitative estimate of drug-likeness (QED) is 0.632. The van der Waals surface area contributed by atoms with Crippen molar-refractivity contribution in [2.24, 2.45) is 5.92 Å². The minimum absolute atomic E-state index is 0.330. The number of allylic oxidation sites excluding steroid dienone is 4. The maximum atomic E-state index is 10.1. The van der Waals surface area contributed by atoms with Crippen LogP contribution in [0, 0.1) is 5.92 Å². The molecule has 21 heavy (non-hydrogen) atoms. The molecule has 1 nitrogen and oxygen atoms in total. The van der Waals surface area contributed by atoms with Crippen LogP contribution >= 0.6 is 0 Å². The zero-order valence-corrected chi connectivity index (χ0v) is 13.4. The Morgan fingerprint density at radius 1 is 1.14 bits per heavy atom. The molecule has 114 valence electrons. The van der Waals surface area contributed by atoms with E-state index >= 15 is 0 Å². The predicted molar refractivity (Wildman–Crippen MR) is 90.8 cm³/mol. The number of hydrogen-bond acceptors (Lipinski definition) is 1. The van der Waals surface area contributed by atoms with E-state index in [0.29, 0.717) is 11.7 Å². The van der Waals surface area contributed by atoms with Gasteiger partial charge in [0.25, 0.3) is 0 Å². The summed E-state index contributed by atoms with van der Waals surface area (Å²) in [4.78, 5) is 0. The highest BCUT2D eigenvalue weighted by Gasteiger charge is 2.13. The summed E-state index contributed by atoms with van der Waals surface area (Å²) in [5.74, 6) is 1.58. The topological polar surface area (TPSA) is 20.2 Å². The van der Waals surface area contributed by atoms with Gasteiger partial charge in [-0.15, -0.1) is 0 Å². The van der Waals surface area contributed by atoms with Crippen LogP contribution < -0.4 is 0 Å². The van der Waals surface area contributed by atoms with E-state index in [4.69, 9.17) is 0 Å². The lowest BCUT2D eigenvalue weighted by molar-refractivity contribution is 0.464. The van der Waals surface area contributed by atoms with Gasteiger partial charge in [0, 0.05) is 11.5 Å². The highest BCUT2D eigenvalue weighted by atomic mass is 16.3. The molecule has 1 heteroatoms. The Labute approximate surface area is 129 Å². The summed E-state index contributed by atoms with van der Waals surface area (Å²) in [6.07, 6.45) is 15.8. The van der Waals surface area contributed by atoms with Crippen molar-refractivity contribution in [3.05, 3.63) is 53.6 Å². The maximum Gasteiger partial charge on any atom is 0.119 e. The fourth-order valence-electron chi connectivity index (χ4n) is 2.93. The number of phenols is 1. The molecule has 1 atom stereocenters. The first-order valence-electron chi connectivity index (χ1n) is 8.32. The van der Waals surface area contributed by atoms with E-state index in [9.17, 15) is 5.11 Å². The molecule has 1 N–H and O–H groups in total. The van der Waals surface area contributed by atoms with Crippen LogP contribution in [-0.2, 0) is 6.42 Å². The first-order chi connectivity index (χ1) is 10.2. The fourth-order valence-corrected chi connectivity index (χ4v) is 2.93. The molecule has 1 aliphatic rings. The molecule has 1 unspecified atom stereocenters. The molecule has 0 heterocycles. The van der Waals surface area contributed by atoms with Crippen LogP contribution in [0.15, 0.2) is 42.5 Å². The molecule has 0 saturated heterocycles. The number of unbranched alkanes of at least 4 members (excludes halogenated alkanes) is 2. The summed E-state index contributed by atoms with van der Waals surface area (Å²) in [6.45, 7) is 4.58. The van der Waals surface area contributed by atoms with E-state index in [1.54, 1.807) is 0 Å². The van der Waals surface area contributed by atoms with Crippen LogP contribution in [0.4, 0.5) is 0 Å². The van der Waals surface area contributed by atoms with Crippen molar-refractivity contribution in [2.75, 3.05) is 0 Å². The Balaban J connectivity index is 1.89. The SMILES string of the molecule is CC(C)CCCCCc1ccc(O)c(C2C=CC=CC2)c1. The fraction of sp³-hybridized carbons (Fsp3) is 0.500. The normalized spacial score (nSPS) is 17.6. The zero-order valence-electron chi connectivity index (χ0n) is 13.4. The maximum absolute atomic E-state index is 10.1. The van der Waals surface area contributed by atoms with E-state index < -0.39 is 0 Å². The minimum Gasteiger partial charge on any atom is -0.508 e. The number of hydrogen-bond donors (Lipinski definition) is 1. The lowest BCUT2D eigenvalue weighted by atomic mass is 9.90. The van der Waals surface area contributed by atoms with Gasteiger partial charge < -0.3 is 5.11 Å². The molecule has 1 aromatic carbocycles. The van der Waals surface area contributed by atoms with Crippen LogP contribution in [0.25, 0.3) is 0 Å². The Hall–Kier alpha value is -1.50. The Kier molecular flexibility index (Phi) is 6.10. The average molecular weight is 284 g/mol. The van der Waals surface area contributed by atoms with Crippen molar-refractivity contribution in [3.63, 3.8) is 0 Å². The average Bonchev–Trinajstić information content (AvgIpc) is 2.49. The lowest BCUT2D eigenvalue weighted by Gasteiger charge is -2.16. The molecule has 0 radical (unpaired) electrons. The van der Waals surface area contributed by atoms with E-state index in [-0.39, 0.29) is 0 Å². The number of aryl methyl sites for hydroxylation is 1. The van der Waals surface area contributed by atoms with Crippen molar-refractivity contribution >= 4 is 0 Å². The summed E-state index contributed by atoms with van der Waals surface area (Å²) < 4.78 is 0.